The molecule has 0 amide bonds. The number of hydrogen-bond donors (Lipinski definition) is 2. The Balaban J connectivity index is 2.21. The van der Waals surface area contributed by atoms with Crippen molar-refractivity contribution in [2.75, 3.05) is 0 Å². The molecule has 0 saturated heterocycles. The van der Waals surface area contributed by atoms with Gasteiger partial charge in [-0.3, -0.25) is 0 Å². The standard InChI is InChI=1S/C12H14FN3O2S2/c1-8-6-15-12(19-8)7-16-20(17,18)11-4-9(5-14)2-3-10(11)13/h2-4,6,16H,5,7,14H2,1H3. The van der Waals surface area contributed by atoms with E-state index in [-0.39, 0.29) is 13.1 Å². The van der Waals surface area contributed by atoms with Crippen LogP contribution in [-0.2, 0) is 23.1 Å². The zero-order valence-electron chi connectivity index (χ0n) is 10.8. The van der Waals surface area contributed by atoms with Gasteiger partial charge in [0.05, 0.1) is 6.54 Å². The Morgan fingerprint density at radius 3 is 2.80 bits per heavy atom. The second-order valence-electron chi connectivity index (χ2n) is 4.16. The highest BCUT2D eigenvalue weighted by Crippen LogP contribution is 2.17. The first kappa shape index (κ1) is 15.0. The van der Waals surface area contributed by atoms with E-state index in [1.165, 1.54) is 23.5 Å². The topological polar surface area (TPSA) is 85.1 Å². The summed E-state index contributed by atoms with van der Waals surface area (Å²) in [5, 5.41) is 0.626. The first-order valence-electron chi connectivity index (χ1n) is 5.82. The van der Waals surface area contributed by atoms with Crippen molar-refractivity contribution in [3.05, 3.63) is 45.7 Å². The largest absolute Gasteiger partial charge is 0.326 e. The summed E-state index contributed by atoms with van der Waals surface area (Å²) in [6.45, 7) is 2.06. The summed E-state index contributed by atoms with van der Waals surface area (Å²) in [4.78, 5) is 4.63. The van der Waals surface area contributed by atoms with Crippen LogP contribution in [0.4, 0.5) is 4.39 Å². The van der Waals surface area contributed by atoms with E-state index in [2.05, 4.69) is 9.71 Å². The number of benzene rings is 1. The van der Waals surface area contributed by atoms with Crippen molar-refractivity contribution in [2.45, 2.75) is 24.9 Å². The third-order valence-electron chi connectivity index (χ3n) is 2.60. The van der Waals surface area contributed by atoms with Crippen molar-refractivity contribution in [3.8, 4) is 0 Å². The highest BCUT2D eigenvalue weighted by molar-refractivity contribution is 7.89. The minimum absolute atomic E-state index is 0.0349. The number of nitrogens with two attached hydrogens (primary N) is 1. The van der Waals surface area contributed by atoms with Gasteiger partial charge in [-0.05, 0) is 24.6 Å². The van der Waals surface area contributed by atoms with Crippen LogP contribution in [-0.4, -0.2) is 13.4 Å². The van der Waals surface area contributed by atoms with Gasteiger partial charge in [-0.15, -0.1) is 11.3 Å². The van der Waals surface area contributed by atoms with Crippen molar-refractivity contribution in [3.63, 3.8) is 0 Å². The maximum absolute atomic E-state index is 13.7. The fraction of sp³-hybridized carbons (Fsp3) is 0.250. The summed E-state index contributed by atoms with van der Waals surface area (Å²) < 4.78 is 40.2. The van der Waals surface area contributed by atoms with Gasteiger partial charge in [0, 0.05) is 17.6 Å². The lowest BCUT2D eigenvalue weighted by Crippen LogP contribution is -2.24. The predicted molar refractivity (Wildman–Crippen MR) is 75.2 cm³/mol. The molecule has 0 radical (unpaired) electrons. The van der Waals surface area contributed by atoms with E-state index in [0.717, 1.165) is 10.9 Å². The quantitative estimate of drug-likeness (QED) is 0.876. The first-order chi connectivity index (χ1) is 9.42. The number of rotatable bonds is 5. The Morgan fingerprint density at radius 1 is 1.45 bits per heavy atom. The van der Waals surface area contributed by atoms with Crippen molar-refractivity contribution < 1.29 is 12.8 Å². The smallest absolute Gasteiger partial charge is 0.243 e. The molecule has 2 aromatic rings. The number of nitrogens with zero attached hydrogens (tertiary/aromatic N) is 1. The molecule has 0 aliphatic carbocycles. The number of aromatic nitrogens is 1. The summed E-state index contributed by atoms with van der Waals surface area (Å²) in [5.41, 5.74) is 5.99. The van der Waals surface area contributed by atoms with Crippen molar-refractivity contribution in [2.24, 2.45) is 5.73 Å². The lowest BCUT2D eigenvalue weighted by molar-refractivity contribution is 0.556. The maximum Gasteiger partial charge on any atom is 0.243 e. The average Bonchev–Trinajstić information content (AvgIpc) is 2.83. The van der Waals surface area contributed by atoms with Gasteiger partial charge in [-0.1, -0.05) is 6.07 Å². The molecule has 0 atom stereocenters. The van der Waals surface area contributed by atoms with Crippen molar-refractivity contribution in [1.82, 2.24) is 9.71 Å². The molecule has 2 rings (SSSR count). The average molecular weight is 315 g/mol. The molecule has 1 aromatic carbocycles. The number of thiazole rings is 1. The lowest BCUT2D eigenvalue weighted by Gasteiger charge is -2.08. The molecule has 0 aliphatic heterocycles. The Bertz CT molecular complexity index is 713. The number of sulfonamides is 1. The predicted octanol–water partition coefficient (Wildman–Crippen LogP) is 1.53. The van der Waals surface area contributed by atoms with Gasteiger partial charge in [0.15, 0.2) is 0 Å². The lowest BCUT2D eigenvalue weighted by atomic mass is 10.2. The van der Waals surface area contributed by atoms with E-state index >= 15 is 0 Å². The van der Waals surface area contributed by atoms with Gasteiger partial charge in [-0.25, -0.2) is 22.5 Å². The Labute approximate surface area is 120 Å². The molecule has 0 saturated carbocycles. The fourth-order valence-corrected chi connectivity index (χ4v) is 3.53. The molecule has 0 aliphatic rings. The highest BCUT2D eigenvalue weighted by atomic mass is 32.2. The van der Waals surface area contributed by atoms with Crippen LogP contribution in [0, 0.1) is 12.7 Å². The zero-order chi connectivity index (χ0) is 14.8. The van der Waals surface area contributed by atoms with Crippen LogP contribution in [0.3, 0.4) is 0 Å². The van der Waals surface area contributed by atoms with E-state index in [0.29, 0.717) is 10.6 Å². The summed E-state index contributed by atoms with van der Waals surface area (Å²) in [6, 6.07) is 3.80. The summed E-state index contributed by atoms with van der Waals surface area (Å²) in [7, 11) is -3.93. The Morgan fingerprint density at radius 2 is 2.20 bits per heavy atom. The molecule has 108 valence electrons. The van der Waals surface area contributed by atoms with E-state index in [9.17, 15) is 12.8 Å². The molecule has 0 bridgehead atoms. The minimum atomic E-state index is -3.93. The normalized spacial score (nSPS) is 11.8. The monoisotopic (exact) mass is 315 g/mol. The molecule has 3 N–H and O–H groups in total. The summed E-state index contributed by atoms with van der Waals surface area (Å²) >= 11 is 1.38. The fourth-order valence-electron chi connectivity index (χ4n) is 1.60. The molecular formula is C12H14FN3O2S2. The molecule has 5 nitrogen and oxygen atoms in total. The minimum Gasteiger partial charge on any atom is -0.326 e. The Hall–Kier alpha value is -1.35. The highest BCUT2D eigenvalue weighted by Gasteiger charge is 2.19. The van der Waals surface area contributed by atoms with Crippen LogP contribution in [0.1, 0.15) is 15.4 Å². The van der Waals surface area contributed by atoms with Crippen LogP contribution in [0.5, 0.6) is 0 Å². The summed E-state index contributed by atoms with van der Waals surface area (Å²) in [5.74, 6) is -0.801. The maximum atomic E-state index is 13.7. The number of hydrogen-bond acceptors (Lipinski definition) is 5. The Kier molecular flexibility index (Phi) is 4.48. The van der Waals surface area contributed by atoms with E-state index in [4.69, 9.17) is 5.73 Å². The van der Waals surface area contributed by atoms with Crippen molar-refractivity contribution in [1.29, 1.82) is 0 Å². The second kappa shape index (κ2) is 5.96. The molecule has 20 heavy (non-hydrogen) atoms. The zero-order valence-corrected chi connectivity index (χ0v) is 12.4. The summed E-state index contributed by atoms with van der Waals surface area (Å²) in [6.07, 6.45) is 1.66. The van der Waals surface area contributed by atoms with Gasteiger partial charge in [0.2, 0.25) is 10.0 Å². The molecule has 8 heteroatoms. The number of halogens is 1. The molecule has 1 aromatic heterocycles. The number of nitrogens with one attached hydrogen (secondary N) is 1. The molecule has 1 heterocycles. The van der Waals surface area contributed by atoms with Crippen LogP contribution < -0.4 is 10.5 Å². The van der Waals surface area contributed by atoms with Crippen molar-refractivity contribution >= 4 is 21.4 Å². The van der Waals surface area contributed by atoms with Gasteiger partial charge in [0.1, 0.15) is 15.7 Å². The van der Waals surface area contributed by atoms with Gasteiger partial charge < -0.3 is 5.73 Å². The van der Waals surface area contributed by atoms with Crippen LogP contribution in [0.15, 0.2) is 29.3 Å². The SMILES string of the molecule is Cc1cnc(CNS(=O)(=O)c2cc(CN)ccc2F)s1. The van der Waals surface area contributed by atoms with Crippen LogP contribution in [0.25, 0.3) is 0 Å². The van der Waals surface area contributed by atoms with E-state index in [1.807, 2.05) is 6.92 Å². The number of aryl methyl sites for hydroxylation is 1. The second-order valence-corrected chi connectivity index (χ2v) is 7.21. The van der Waals surface area contributed by atoms with Gasteiger partial charge in [-0.2, -0.15) is 0 Å². The van der Waals surface area contributed by atoms with Crippen LogP contribution in [0.2, 0.25) is 0 Å². The van der Waals surface area contributed by atoms with Gasteiger partial charge >= 0.3 is 0 Å². The van der Waals surface area contributed by atoms with Crippen LogP contribution >= 0.6 is 11.3 Å². The third kappa shape index (κ3) is 3.40. The first-order valence-corrected chi connectivity index (χ1v) is 8.12. The molecular weight excluding hydrogens is 301 g/mol. The molecule has 0 unspecified atom stereocenters. The molecule has 0 fully saturated rings. The van der Waals surface area contributed by atoms with E-state index < -0.39 is 20.7 Å². The van der Waals surface area contributed by atoms with Gasteiger partial charge in [0.25, 0.3) is 0 Å². The molecule has 0 spiro atoms. The van der Waals surface area contributed by atoms with E-state index in [1.54, 1.807) is 6.20 Å². The third-order valence-corrected chi connectivity index (χ3v) is 4.93.